The molecule has 0 spiro atoms. The smallest absolute Gasteiger partial charge is 0.326 e. The molecule has 0 unspecified atom stereocenters. The van der Waals surface area contributed by atoms with E-state index in [0.717, 1.165) is 43.5 Å². The maximum Gasteiger partial charge on any atom is 0.326 e. The van der Waals surface area contributed by atoms with Crippen LogP contribution in [0.15, 0.2) is 35.1 Å². The molecule has 2 N–H and O–H groups in total. The second kappa shape index (κ2) is 7.72. The number of benzene rings is 1. The summed E-state index contributed by atoms with van der Waals surface area (Å²) in [6.45, 7) is 4.17. The number of aromatic amines is 1. The Morgan fingerprint density at radius 3 is 2.56 bits per heavy atom. The van der Waals surface area contributed by atoms with E-state index in [2.05, 4.69) is 17.2 Å². The van der Waals surface area contributed by atoms with Crippen molar-refractivity contribution < 1.29 is 4.79 Å². The highest BCUT2D eigenvalue weighted by molar-refractivity contribution is 5.98. The number of piperazine rings is 1. The van der Waals surface area contributed by atoms with E-state index < -0.39 is 0 Å². The molecule has 2 aromatic rings. The fourth-order valence-electron chi connectivity index (χ4n) is 4.45. The summed E-state index contributed by atoms with van der Waals surface area (Å²) in [4.78, 5) is 31.0. The van der Waals surface area contributed by atoms with Crippen molar-refractivity contribution >= 4 is 5.91 Å². The molecule has 1 aliphatic carbocycles. The number of aromatic nitrogens is 2. The van der Waals surface area contributed by atoms with E-state index in [4.69, 9.17) is 0 Å². The largest absolute Gasteiger partial charge is 0.334 e. The number of rotatable bonds is 3. The van der Waals surface area contributed by atoms with Crippen LogP contribution in [0.2, 0.25) is 0 Å². The number of hydrogen-bond donors (Lipinski definition) is 2. The number of nitrogens with zero attached hydrogens (tertiary/aromatic N) is 2. The van der Waals surface area contributed by atoms with Gasteiger partial charge < -0.3 is 15.2 Å². The van der Waals surface area contributed by atoms with Gasteiger partial charge in [0.25, 0.3) is 5.91 Å². The van der Waals surface area contributed by atoms with Gasteiger partial charge in [0.15, 0.2) is 0 Å². The molecular weight excluding hydrogens is 340 g/mol. The second-order valence-corrected chi connectivity index (χ2v) is 7.79. The lowest BCUT2D eigenvalue weighted by molar-refractivity contribution is 0.0704. The predicted octanol–water partition coefficient (Wildman–Crippen LogP) is 2.78. The number of amides is 1. The molecule has 0 radical (unpaired) electrons. The SMILES string of the molecule is C[C@@H]1CN(C(=O)c2[nH]c(=O)n(C3CCCCC3)c2-c2ccccc2)CCN1. The van der Waals surface area contributed by atoms with Crippen molar-refractivity contribution in [2.24, 2.45) is 0 Å². The molecule has 1 atom stereocenters. The van der Waals surface area contributed by atoms with Crippen LogP contribution in [-0.4, -0.2) is 46.0 Å². The molecule has 1 aromatic carbocycles. The lowest BCUT2D eigenvalue weighted by Crippen LogP contribution is -2.51. The molecule has 27 heavy (non-hydrogen) atoms. The molecule has 1 aliphatic heterocycles. The normalized spacial score (nSPS) is 21.4. The first-order valence-electron chi connectivity index (χ1n) is 10.1. The summed E-state index contributed by atoms with van der Waals surface area (Å²) in [7, 11) is 0. The highest BCUT2D eigenvalue weighted by Crippen LogP contribution is 2.33. The zero-order valence-electron chi connectivity index (χ0n) is 15.9. The average molecular weight is 368 g/mol. The molecule has 2 heterocycles. The maximum absolute atomic E-state index is 13.3. The van der Waals surface area contributed by atoms with E-state index in [-0.39, 0.29) is 23.7 Å². The van der Waals surface area contributed by atoms with Gasteiger partial charge in [-0.25, -0.2) is 4.79 Å². The van der Waals surface area contributed by atoms with E-state index in [1.165, 1.54) is 6.42 Å². The summed E-state index contributed by atoms with van der Waals surface area (Å²) in [5.74, 6) is -0.0751. The summed E-state index contributed by atoms with van der Waals surface area (Å²) in [5.41, 5.74) is 1.95. The van der Waals surface area contributed by atoms with Crippen molar-refractivity contribution in [3.63, 3.8) is 0 Å². The van der Waals surface area contributed by atoms with Gasteiger partial charge in [0.2, 0.25) is 0 Å². The van der Waals surface area contributed by atoms with Crippen LogP contribution in [0.5, 0.6) is 0 Å². The number of carbonyl (C=O) groups is 1. The molecular formula is C21H28N4O2. The van der Waals surface area contributed by atoms with Crippen molar-refractivity contribution in [2.45, 2.75) is 51.1 Å². The first kappa shape index (κ1) is 18.0. The molecule has 4 rings (SSSR count). The number of hydrogen-bond acceptors (Lipinski definition) is 3. The Labute approximate surface area is 159 Å². The third kappa shape index (κ3) is 3.58. The molecule has 1 saturated heterocycles. The quantitative estimate of drug-likeness (QED) is 0.875. The van der Waals surface area contributed by atoms with Gasteiger partial charge >= 0.3 is 5.69 Å². The van der Waals surface area contributed by atoms with Crippen LogP contribution in [0.3, 0.4) is 0 Å². The Kier molecular flexibility index (Phi) is 5.16. The van der Waals surface area contributed by atoms with Gasteiger partial charge in [-0.05, 0) is 19.8 Å². The van der Waals surface area contributed by atoms with Gasteiger partial charge in [0, 0.05) is 37.3 Å². The van der Waals surface area contributed by atoms with Gasteiger partial charge in [-0.3, -0.25) is 9.36 Å². The van der Waals surface area contributed by atoms with Gasteiger partial charge in [-0.2, -0.15) is 0 Å². The first-order valence-corrected chi connectivity index (χ1v) is 10.1. The van der Waals surface area contributed by atoms with E-state index in [9.17, 15) is 9.59 Å². The van der Waals surface area contributed by atoms with Crippen molar-refractivity contribution in [1.82, 2.24) is 19.8 Å². The summed E-state index contributed by atoms with van der Waals surface area (Å²) in [5, 5.41) is 3.36. The monoisotopic (exact) mass is 368 g/mol. The standard InChI is InChI=1S/C21H28N4O2/c1-15-14-24(13-12-22-15)20(26)18-19(16-8-4-2-5-9-16)25(21(27)23-18)17-10-6-3-7-11-17/h2,4-5,8-9,15,17,22H,3,6-7,10-14H2,1H3,(H,23,27)/t15-/m1/s1. The minimum Gasteiger partial charge on any atom is -0.334 e. The fourth-order valence-corrected chi connectivity index (χ4v) is 4.45. The summed E-state index contributed by atoms with van der Waals surface area (Å²) in [6.07, 6.45) is 5.48. The number of imidazole rings is 1. The van der Waals surface area contributed by atoms with Crippen molar-refractivity contribution in [2.75, 3.05) is 19.6 Å². The summed E-state index contributed by atoms with van der Waals surface area (Å²) < 4.78 is 1.85. The Balaban J connectivity index is 1.79. The van der Waals surface area contributed by atoms with Crippen LogP contribution in [0.1, 0.15) is 55.6 Å². The summed E-state index contributed by atoms with van der Waals surface area (Å²) in [6, 6.07) is 10.3. The summed E-state index contributed by atoms with van der Waals surface area (Å²) >= 11 is 0. The topological polar surface area (TPSA) is 70.1 Å². The van der Waals surface area contributed by atoms with Crippen molar-refractivity contribution in [3.8, 4) is 11.3 Å². The third-order valence-corrected chi connectivity index (χ3v) is 5.79. The molecule has 6 nitrogen and oxygen atoms in total. The van der Waals surface area contributed by atoms with Crippen molar-refractivity contribution in [1.29, 1.82) is 0 Å². The van der Waals surface area contributed by atoms with Crippen LogP contribution in [0.25, 0.3) is 11.3 Å². The minimum absolute atomic E-state index is 0.0751. The lowest BCUT2D eigenvalue weighted by Gasteiger charge is -2.32. The molecule has 1 saturated carbocycles. The molecule has 1 aromatic heterocycles. The third-order valence-electron chi connectivity index (χ3n) is 5.79. The van der Waals surface area contributed by atoms with E-state index in [1.807, 2.05) is 39.8 Å². The fraction of sp³-hybridized carbons (Fsp3) is 0.524. The Hall–Kier alpha value is -2.34. The van der Waals surface area contributed by atoms with Gasteiger partial charge in [0.05, 0.1) is 5.69 Å². The van der Waals surface area contributed by atoms with Gasteiger partial charge in [-0.15, -0.1) is 0 Å². The molecule has 6 heteroatoms. The van der Waals surface area contributed by atoms with Crippen LogP contribution in [-0.2, 0) is 0 Å². The van der Waals surface area contributed by atoms with Crippen LogP contribution < -0.4 is 11.0 Å². The lowest BCUT2D eigenvalue weighted by atomic mass is 9.94. The minimum atomic E-state index is -0.160. The number of carbonyl (C=O) groups excluding carboxylic acids is 1. The molecule has 144 valence electrons. The van der Waals surface area contributed by atoms with Crippen LogP contribution in [0, 0.1) is 0 Å². The zero-order chi connectivity index (χ0) is 18.8. The molecule has 0 bridgehead atoms. The van der Waals surface area contributed by atoms with Gasteiger partial charge in [-0.1, -0.05) is 49.6 Å². The molecule has 1 amide bonds. The van der Waals surface area contributed by atoms with E-state index in [0.29, 0.717) is 18.8 Å². The second-order valence-electron chi connectivity index (χ2n) is 7.79. The Morgan fingerprint density at radius 2 is 1.85 bits per heavy atom. The maximum atomic E-state index is 13.3. The number of H-pyrrole nitrogens is 1. The van der Waals surface area contributed by atoms with Crippen molar-refractivity contribution in [3.05, 3.63) is 46.5 Å². The highest BCUT2D eigenvalue weighted by Gasteiger charge is 2.30. The zero-order valence-corrected chi connectivity index (χ0v) is 15.9. The first-order chi connectivity index (χ1) is 13.1. The molecule has 2 aliphatic rings. The molecule has 2 fully saturated rings. The van der Waals surface area contributed by atoms with Gasteiger partial charge in [0.1, 0.15) is 5.69 Å². The Bertz CT molecular complexity index is 849. The predicted molar refractivity (Wildman–Crippen MR) is 106 cm³/mol. The highest BCUT2D eigenvalue weighted by atomic mass is 16.2. The average Bonchev–Trinajstić information content (AvgIpc) is 3.06. The van der Waals surface area contributed by atoms with Crippen LogP contribution in [0.4, 0.5) is 0 Å². The number of nitrogens with one attached hydrogen (secondary N) is 2. The van der Waals surface area contributed by atoms with E-state index in [1.54, 1.807) is 0 Å². The van der Waals surface area contributed by atoms with Crippen LogP contribution >= 0.6 is 0 Å². The van der Waals surface area contributed by atoms with E-state index >= 15 is 0 Å². The Morgan fingerprint density at radius 1 is 1.11 bits per heavy atom.